The van der Waals surface area contributed by atoms with Crippen LogP contribution in [0.5, 0.6) is 0 Å². The number of anilines is 1. The first-order chi connectivity index (χ1) is 11.2. The van der Waals surface area contributed by atoms with Gasteiger partial charge < -0.3 is 11.1 Å². The molecule has 23 heavy (non-hydrogen) atoms. The minimum Gasteiger partial charge on any atom is -0.326 e. The lowest BCUT2D eigenvalue weighted by Gasteiger charge is -2.07. The normalized spacial score (nSPS) is 10.5. The van der Waals surface area contributed by atoms with Crippen molar-refractivity contribution < 1.29 is 4.79 Å². The molecule has 0 aliphatic carbocycles. The number of carbonyl (C=O) groups excluding carboxylic acids is 1. The third-order valence-electron chi connectivity index (χ3n) is 3.61. The maximum atomic E-state index is 12.4. The Kier molecular flexibility index (Phi) is 4.21. The van der Waals surface area contributed by atoms with E-state index >= 15 is 0 Å². The molecule has 0 unspecified atom stereocenters. The van der Waals surface area contributed by atoms with E-state index in [0.29, 0.717) is 12.1 Å². The van der Waals surface area contributed by atoms with Crippen molar-refractivity contribution in [1.29, 1.82) is 0 Å². The number of amides is 1. The number of hydrogen-bond acceptors (Lipinski definition) is 3. The molecule has 3 aromatic rings. The number of benzene rings is 2. The van der Waals surface area contributed by atoms with Gasteiger partial charge in [0.2, 0.25) is 0 Å². The van der Waals surface area contributed by atoms with Gasteiger partial charge in [0.15, 0.2) is 0 Å². The van der Waals surface area contributed by atoms with Crippen LogP contribution in [-0.2, 0) is 13.6 Å². The predicted octanol–water partition coefficient (Wildman–Crippen LogP) is 2.80. The summed E-state index contributed by atoms with van der Waals surface area (Å²) in [5.74, 6) is -0.142. The largest absolute Gasteiger partial charge is 0.326 e. The summed E-state index contributed by atoms with van der Waals surface area (Å²) in [6, 6.07) is 15.0. The van der Waals surface area contributed by atoms with Crippen LogP contribution < -0.4 is 11.1 Å². The van der Waals surface area contributed by atoms with Crippen molar-refractivity contribution in [2.45, 2.75) is 6.54 Å². The van der Waals surface area contributed by atoms with Crippen LogP contribution in [0.25, 0.3) is 11.1 Å². The van der Waals surface area contributed by atoms with Crippen molar-refractivity contribution in [2.24, 2.45) is 12.8 Å². The van der Waals surface area contributed by atoms with Crippen molar-refractivity contribution >= 4 is 11.6 Å². The Bertz CT molecular complexity index is 821. The standard InChI is InChI=1S/C18H18N4O/c1-22-12-16(11-20-22)14-3-2-4-15(9-14)18(23)21-17-7-5-13(10-19)6-8-17/h2-9,11-12H,10,19H2,1H3,(H,21,23). The van der Waals surface area contributed by atoms with Crippen molar-refractivity contribution in [3.63, 3.8) is 0 Å². The summed E-state index contributed by atoms with van der Waals surface area (Å²) in [5.41, 5.74) is 9.90. The summed E-state index contributed by atoms with van der Waals surface area (Å²) in [4.78, 5) is 12.4. The third-order valence-corrected chi connectivity index (χ3v) is 3.61. The van der Waals surface area contributed by atoms with Gasteiger partial charge in [-0.2, -0.15) is 5.10 Å². The predicted molar refractivity (Wildman–Crippen MR) is 90.9 cm³/mol. The average molecular weight is 306 g/mol. The lowest BCUT2D eigenvalue weighted by atomic mass is 10.1. The fourth-order valence-electron chi connectivity index (χ4n) is 2.34. The van der Waals surface area contributed by atoms with E-state index in [9.17, 15) is 4.79 Å². The second-order valence-electron chi connectivity index (χ2n) is 5.34. The maximum Gasteiger partial charge on any atom is 0.255 e. The van der Waals surface area contributed by atoms with Crippen LogP contribution in [0.15, 0.2) is 60.9 Å². The molecule has 3 rings (SSSR count). The highest BCUT2D eigenvalue weighted by Gasteiger charge is 2.08. The molecule has 1 aromatic heterocycles. The SMILES string of the molecule is Cn1cc(-c2cccc(C(=O)Nc3ccc(CN)cc3)c2)cn1. The zero-order valence-corrected chi connectivity index (χ0v) is 12.9. The zero-order valence-electron chi connectivity index (χ0n) is 12.9. The van der Waals surface area contributed by atoms with Gasteiger partial charge in [-0.25, -0.2) is 0 Å². The van der Waals surface area contributed by atoms with E-state index in [1.807, 2.05) is 55.7 Å². The first kappa shape index (κ1) is 15.0. The number of aryl methyl sites for hydroxylation is 1. The number of nitrogens with zero attached hydrogens (tertiary/aromatic N) is 2. The average Bonchev–Trinajstić information content (AvgIpc) is 3.02. The lowest BCUT2D eigenvalue weighted by molar-refractivity contribution is 0.102. The number of aromatic nitrogens is 2. The second kappa shape index (κ2) is 6.46. The Labute approximate surface area is 134 Å². The molecule has 5 heteroatoms. The van der Waals surface area contributed by atoms with Gasteiger partial charge in [-0.05, 0) is 35.4 Å². The summed E-state index contributed by atoms with van der Waals surface area (Å²) in [6.07, 6.45) is 3.70. The molecule has 0 bridgehead atoms. The molecule has 1 heterocycles. The smallest absolute Gasteiger partial charge is 0.255 e. The van der Waals surface area contributed by atoms with E-state index in [2.05, 4.69) is 10.4 Å². The molecule has 1 amide bonds. The number of rotatable bonds is 4. The van der Waals surface area contributed by atoms with E-state index in [-0.39, 0.29) is 5.91 Å². The van der Waals surface area contributed by atoms with Gasteiger partial charge in [-0.3, -0.25) is 9.48 Å². The summed E-state index contributed by atoms with van der Waals surface area (Å²) in [6.45, 7) is 0.487. The Morgan fingerprint density at radius 1 is 1.17 bits per heavy atom. The highest BCUT2D eigenvalue weighted by Crippen LogP contribution is 2.20. The van der Waals surface area contributed by atoms with E-state index in [1.165, 1.54) is 0 Å². The van der Waals surface area contributed by atoms with Crippen LogP contribution in [0, 0.1) is 0 Å². The molecule has 3 N–H and O–H groups in total. The van der Waals surface area contributed by atoms with Crippen LogP contribution in [-0.4, -0.2) is 15.7 Å². The molecule has 116 valence electrons. The molecule has 0 saturated heterocycles. The molecule has 0 fully saturated rings. The molecule has 0 radical (unpaired) electrons. The van der Waals surface area contributed by atoms with Gasteiger partial charge in [0.1, 0.15) is 0 Å². The molecule has 5 nitrogen and oxygen atoms in total. The minimum absolute atomic E-state index is 0.142. The van der Waals surface area contributed by atoms with Crippen LogP contribution >= 0.6 is 0 Å². The van der Waals surface area contributed by atoms with Crippen LogP contribution in [0.1, 0.15) is 15.9 Å². The highest BCUT2D eigenvalue weighted by molar-refractivity contribution is 6.04. The fraction of sp³-hybridized carbons (Fsp3) is 0.111. The number of hydrogen-bond donors (Lipinski definition) is 2. The molecule has 0 atom stereocenters. The van der Waals surface area contributed by atoms with Gasteiger partial charge in [-0.1, -0.05) is 24.3 Å². The summed E-state index contributed by atoms with van der Waals surface area (Å²) in [5, 5.41) is 7.05. The van der Waals surface area contributed by atoms with Gasteiger partial charge in [-0.15, -0.1) is 0 Å². The quantitative estimate of drug-likeness (QED) is 0.778. The molecule has 2 aromatic carbocycles. The summed E-state index contributed by atoms with van der Waals surface area (Å²) >= 11 is 0. The summed E-state index contributed by atoms with van der Waals surface area (Å²) in [7, 11) is 1.87. The van der Waals surface area contributed by atoms with E-state index in [1.54, 1.807) is 16.9 Å². The molecular formula is C18H18N4O. The molecule has 0 aliphatic rings. The molecule has 0 aliphatic heterocycles. The number of nitrogens with two attached hydrogens (primary N) is 1. The van der Waals surface area contributed by atoms with Gasteiger partial charge in [0, 0.05) is 36.6 Å². The van der Waals surface area contributed by atoms with E-state index in [0.717, 1.165) is 22.4 Å². The second-order valence-corrected chi connectivity index (χ2v) is 5.34. The van der Waals surface area contributed by atoms with Gasteiger partial charge in [0.05, 0.1) is 6.20 Å². The third kappa shape index (κ3) is 3.46. The molecular weight excluding hydrogens is 288 g/mol. The Morgan fingerprint density at radius 3 is 2.61 bits per heavy atom. The van der Waals surface area contributed by atoms with Crippen molar-refractivity contribution in [1.82, 2.24) is 9.78 Å². The molecule has 0 spiro atoms. The van der Waals surface area contributed by atoms with Crippen molar-refractivity contribution in [3.05, 3.63) is 72.1 Å². The van der Waals surface area contributed by atoms with E-state index in [4.69, 9.17) is 5.73 Å². The maximum absolute atomic E-state index is 12.4. The summed E-state index contributed by atoms with van der Waals surface area (Å²) < 4.78 is 1.74. The Balaban J connectivity index is 1.79. The van der Waals surface area contributed by atoms with Gasteiger partial charge in [0.25, 0.3) is 5.91 Å². The number of nitrogens with one attached hydrogen (secondary N) is 1. The Morgan fingerprint density at radius 2 is 1.96 bits per heavy atom. The Hall–Kier alpha value is -2.92. The lowest BCUT2D eigenvalue weighted by Crippen LogP contribution is -2.12. The van der Waals surface area contributed by atoms with Crippen molar-refractivity contribution in [3.8, 4) is 11.1 Å². The van der Waals surface area contributed by atoms with Crippen LogP contribution in [0.3, 0.4) is 0 Å². The van der Waals surface area contributed by atoms with Crippen LogP contribution in [0.4, 0.5) is 5.69 Å². The number of carbonyl (C=O) groups is 1. The highest BCUT2D eigenvalue weighted by atomic mass is 16.1. The first-order valence-electron chi connectivity index (χ1n) is 7.35. The van der Waals surface area contributed by atoms with Crippen molar-refractivity contribution in [2.75, 3.05) is 5.32 Å². The first-order valence-corrected chi connectivity index (χ1v) is 7.35. The van der Waals surface area contributed by atoms with E-state index < -0.39 is 0 Å². The van der Waals surface area contributed by atoms with Gasteiger partial charge >= 0.3 is 0 Å². The zero-order chi connectivity index (χ0) is 16.2. The topological polar surface area (TPSA) is 72.9 Å². The molecule has 0 saturated carbocycles. The van der Waals surface area contributed by atoms with Crippen LogP contribution in [0.2, 0.25) is 0 Å². The minimum atomic E-state index is -0.142. The monoisotopic (exact) mass is 306 g/mol. The fourth-order valence-corrected chi connectivity index (χ4v) is 2.34.